The minimum atomic E-state index is -1.24. The van der Waals surface area contributed by atoms with E-state index in [-0.39, 0.29) is 66.1 Å². The number of carbonyl (C=O) groups excluding carboxylic acids is 6. The van der Waals surface area contributed by atoms with E-state index >= 15 is 0 Å². The fourth-order valence-corrected chi connectivity index (χ4v) is 10.8. The first-order valence-electron chi connectivity index (χ1n) is 26.8. The van der Waals surface area contributed by atoms with Crippen LogP contribution in [0.4, 0.5) is 0 Å². The Bertz CT molecular complexity index is 1950. The molecule has 0 aromatic heterocycles. The van der Waals surface area contributed by atoms with E-state index in [0.717, 1.165) is 88.4 Å². The quantitative estimate of drug-likeness (QED) is 0.180. The summed E-state index contributed by atoms with van der Waals surface area (Å²) in [5, 5.41) is 32.6. The summed E-state index contributed by atoms with van der Waals surface area (Å²) < 4.78 is 11.7. The van der Waals surface area contributed by atoms with Gasteiger partial charge < -0.3 is 34.6 Å². The highest BCUT2D eigenvalue weighted by atomic mass is 16.5. The monoisotopic (exact) mass is 995 g/mol. The largest absolute Gasteiger partial charge is 0.457 e. The number of cyclic esters (lactones) is 2. The fourth-order valence-electron chi connectivity index (χ4n) is 10.8. The molecule has 0 radical (unpaired) electrons. The lowest BCUT2D eigenvalue weighted by Crippen LogP contribution is -2.45. The maximum absolute atomic E-state index is 13.3. The molecule has 13 nitrogen and oxygen atoms in total. The maximum atomic E-state index is 13.3. The molecule has 4 aliphatic rings. The molecular weight excluding hydrogens is 901 g/mol. The molecule has 0 saturated carbocycles. The number of allylic oxidation sites excluding steroid dienone is 2. The van der Waals surface area contributed by atoms with Crippen molar-refractivity contribution in [3.05, 3.63) is 47.1 Å². The standard InChI is InChI=1S/C29H47NO6.C29H47NO5/c1-18-10-8-11-19(2)27(34)21(4)28(35)29(6,7)25(32)17-26(33)36-24(14-13-18)20(3)16-23-12-9-15-30(23)22(5)31;1-19-13-10-8-9-11-15-25(20(2)17-24-14-12-16-30(24)23(5)31)35-27(33)18-26(32)29(6,7)28(34)22(4)21(19)3/h13,16,19,21,23-25,27,32,34H,8-12,14-15,17H2,1-7H3;9,11,17,19,21-22,24-26,32H,8,10,12-16,18H2,1-7H3/b18-13-,20-16+;11-9-,20-17+/t19-,21+,23?,24-,25-,27-;19-,21-,22+,24?,25-,26-/m00/s1. The number of Topliss-reactive ketones (excluding diaryl/α,β-unsaturated/α-hetero) is 2. The van der Waals surface area contributed by atoms with Gasteiger partial charge in [-0.2, -0.15) is 0 Å². The molecule has 4 aliphatic heterocycles. The summed E-state index contributed by atoms with van der Waals surface area (Å²) in [4.78, 5) is 80.0. The van der Waals surface area contributed by atoms with Crippen molar-refractivity contribution in [1.29, 1.82) is 0 Å². The first-order chi connectivity index (χ1) is 33.1. The van der Waals surface area contributed by atoms with Gasteiger partial charge in [-0.25, -0.2) is 0 Å². The zero-order chi connectivity index (χ0) is 53.5. The molecule has 0 aliphatic carbocycles. The van der Waals surface area contributed by atoms with Crippen LogP contribution in [-0.2, 0) is 38.2 Å². The normalized spacial score (nSPS) is 35.1. The smallest absolute Gasteiger partial charge is 0.309 e. The number of hydrogen-bond acceptors (Lipinski definition) is 11. The average Bonchev–Trinajstić information content (AvgIpc) is 3.98. The number of hydrogen-bond donors (Lipinski definition) is 3. The highest BCUT2D eigenvalue weighted by molar-refractivity contribution is 5.88. The number of ketones is 2. The van der Waals surface area contributed by atoms with Gasteiger partial charge in [0, 0.05) is 51.6 Å². The average molecular weight is 995 g/mol. The van der Waals surface area contributed by atoms with E-state index in [9.17, 15) is 44.1 Å². The number of aliphatic hydroxyl groups excluding tert-OH is 3. The first-order valence-corrected chi connectivity index (χ1v) is 26.8. The van der Waals surface area contributed by atoms with Gasteiger partial charge in [-0.15, -0.1) is 0 Å². The Morgan fingerprint density at radius 1 is 0.620 bits per heavy atom. The van der Waals surface area contributed by atoms with Gasteiger partial charge in [0.2, 0.25) is 11.8 Å². The van der Waals surface area contributed by atoms with E-state index in [1.165, 1.54) is 5.57 Å². The van der Waals surface area contributed by atoms with Crippen LogP contribution in [0.2, 0.25) is 0 Å². The van der Waals surface area contributed by atoms with E-state index < -0.39 is 59.2 Å². The number of ether oxygens (including phenoxy) is 2. The minimum Gasteiger partial charge on any atom is -0.457 e. The zero-order valence-corrected chi connectivity index (χ0v) is 46.1. The van der Waals surface area contributed by atoms with Gasteiger partial charge in [0.1, 0.15) is 23.8 Å². The molecule has 0 spiro atoms. The van der Waals surface area contributed by atoms with Crippen molar-refractivity contribution in [3.8, 4) is 0 Å². The summed E-state index contributed by atoms with van der Waals surface area (Å²) in [6, 6.07) is 0.00540. The van der Waals surface area contributed by atoms with Crippen molar-refractivity contribution in [2.24, 2.45) is 40.4 Å². The van der Waals surface area contributed by atoms with Crippen LogP contribution in [0.15, 0.2) is 47.1 Å². The predicted molar refractivity (Wildman–Crippen MR) is 279 cm³/mol. The Balaban J connectivity index is 0.000000375. The highest BCUT2D eigenvalue weighted by Crippen LogP contribution is 2.36. The van der Waals surface area contributed by atoms with Crippen LogP contribution < -0.4 is 0 Å². The lowest BCUT2D eigenvalue weighted by molar-refractivity contribution is -0.155. The lowest BCUT2D eigenvalue weighted by Gasteiger charge is -2.35. The number of aliphatic hydroxyl groups is 3. The van der Waals surface area contributed by atoms with Crippen molar-refractivity contribution >= 4 is 35.3 Å². The molecule has 12 atom stereocenters. The molecular formula is C58H94N2O11. The van der Waals surface area contributed by atoms with Crippen LogP contribution in [-0.4, -0.2) is 116 Å². The number of amides is 2. The van der Waals surface area contributed by atoms with Gasteiger partial charge in [-0.1, -0.05) is 105 Å². The molecule has 2 unspecified atom stereocenters. The number of rotatable bonds is 4. The number of likely N-dealkylation sites (tertiary alicyclic amines) is 2. The molecule has 0 aromatic carbocycles. The molecule has 0 bridgehead atoms. The third kappa shape index (κ3) is 17.6. The minimum absolute atomic E-state index is 0.0109. The van der Waals surface area contributed by atoms with Crippen molar-refractivity contribution < 1.29 is 53.6 Å². The van der Waals surface area contributed by atoms with Gasteiger partial charge >= 0.3 is 11.9 Å². The van der Waals surface area contributed by atoms with Crippen LogP contribution in [0.3, 0.4) is 0 Å². The SMILES string of the molecule is CC(=O)N1CCCC1/C=C(\C)[C@@H]1C/C=C(/C)CCC[C@H](C)[C@H](O)[C@@H](C)C(=O)C(C)(C)[C@@H](O)CC(=O)O1.CC(=O)N1CCCC1/C=C(\C)[C@@H]1C/C=C\CCC[C@H](C)[C@H](C)[C@@H](C)C(=O)C(C)(C)[C@@H](O)CC(=O)O1. The molecule has 2 fully saturated rings. The van der Waals surface area contributed by atoms with Gasteiger partial charge in [0.15, 0.2) is 0 Å². The van der Waals surface area contributed by atoms with E-state index in [4.69, 9.17) is 9.47 Å². The van der Waals surface area contributed by atoms with Gasteiger partial charge in [-0.05, 0) is 107 Å². The maximum Gasteiger partial charge on any atom is 0.309 e. The van der Waals surface area contributed by atoms with E-state index in [0.29, 0.717) is 18.8 Å². The van der Waals surface area contributed by atoms with Crippen LogP contribution in [0.1, 0.15) is 187 Å². The number of carbonyl (C=O) groups is 6. The summed E-state index contributed by atoms with van der Waals surface area (Å²) in [6.45, 7) is 27.1. The van der Waals surface area contributed by atoms with E-state index in [1.807, 2.05) is 49.6 Å². The summed E-state index contributed by atoms with van der Waals surface area (Å²) in [5.41, 5.74) is 0.702. The van der Waals surface area contributed by atoms with Crippen LogP contribution in [0.5, 0.6) is 0 Å². The van der Waals surface area contributed by atoms with Gasteiger partial charge in [0.05, 0.1) is 54.1 Å². The number of nitrogens with zero attached hydrogens (tertiary/aromatic N) is 2. The third-order valence-electron chi connectivity index (χ3n) is 16.6. The van der Waals surface area contributed by atoms with Crippen molar-refractivity contribution in [3.63, 3.8) is 0 Å². The zero-order valence-electron chi connectivity index (χ0n) is 46.1. The molecule has 4 rings (SSSR count). The van der Waals surface area contributed by atoms with Crippen molar-refractivity contribution in [2.75, 3.05) is 13.1 Å². The second kappa shape index (κ2) is 27.9. The topological polar surface area (TPSA) is 188 Å². The fraction of sp³-hybridized carbons (Fsp3) is 0.759. The molecule has 4 heterocycles. The second-order valence-corrected chi connectivity index (χ2v) is 22.9. The van der Waals surface area contributed by atoms with E-state index in [1.54, 1.807) is 48.5 Å². The van der Waals surface area contributed by atoms with E-state index in [2.05, 4.69) is 39.0 Å². The lowest BCUT2D eigenvalue weighted by atomic mass is 9.70. The Morgan fingerprint density at radius 3 is 1.55 bits per heavy atom. The molecule has 3 N–H and O–H groups in total. The second-order valence-electron chi connectivity index (χ2n) is 22.9. The molecule has 2 saturated heterocycles. The van der Waals surface area contributed by atoms with Crippen LogP contribution >= 0.6 is 0 Å². The predicted octanol–water partition coefficient (Wildman–Crippen LogP) is 9.60. The summed E-state index contributed by atoms with van der Waals surface area (Å²) >= 11 is 0. The molecule has 13 heteroatoms. The Kier molecular flexibility index (Phi) is 24.1. The van der Waals surface area contributed by atoms with Crippen molar-refractivity contribution in [1.82, 2.24) is 9.80 Å². The van der Waals surface area contributed by atoms with Gasteiger partial charge in [-0.3, -0.25) is 28.8 Å². The Morgan fingerprint density at radius 2 is 1.07 bits per heavy atom. The Labute approximate surface area is 427 Å². The summed E-state index contributed by atoms with van der Waals surface area (Å²) in [5.74, 6) is -1.60. The third-order valence-corrected chi connectivity index (χ3v) is 16.6. The first kappa shape index (κ1) is 61.4. The molecule has 0 aromatic rings. The summed E-state index contributed by atoms with van der Waals surface area (Å²) in [6.07, 6.45) is 15.9. The van der Waals surface area contributed by atoms with Crippen LogP contribution in [0, 0.1) is 40.4 Å². The van der Waals surface area contributed by atoms with Crippen LogP contribution in [0.25, 0.3) is 0 Å². The van der Waals surface area contributed by atoms with Crippen molar-refractivity contribution in [2.45, 2.75) is 229 Å². The van der Waals surface area contributed by atoms with Gasteiger partial charge in [0.25, 0.3) is 0 Å². The highest BCUT2D eigenvalue weighted by Gasteiger charge is 2.44. The molecule has 402 valence electrons. The molecule has 71 heavy (non-hydrogen) atoms. The molecule has 2 amide bonds. The Hall–Kier alpha value is -3.94. The summed E-state index contributed by atoms with van der Waals surface area (Å²) in [7, 11) is 0. The number of esters is 2.